The van der Waals surface area contributed by atoms with Crippen molar-refractivity contribution in [1.29, 1.82) is 0 Å². The van der Waals surface area contributed by atoms with E-state index in [-0.39, 0.29) is 12.5 Å². The number of methoxy groups -OCH3 is 1. The maximum absolute atomic E-state index is 11.8. The van der Waals surface area contributed by atoms with Crippen LogP contribution in [0.25, 0.3) is 0 Å². The lowest BCUT2D eigenvalue weighted by molar-refractivity contribution is -0.121. The monoisotopic (exact) mass is 314 g/mol. The molecule has 0 spiro atoms. The highest BCUT2D eigenvalue weighted by Gasteiger charge is 2.18. The number of ether oxygens (including phenoxy) is 1. The topological polar surface area (TPSA) is 75.7 Å². The fraction of sp³-hybridized carbons (Fsp3) is 0.500. The Morgan fingerprint density at radius 2 is 1.90 bits per heavy atom. The third-order valence-electron chi connectivity index (χ3n) is 2.91. The van der Waals surface area contributed by atoms with Gasteiger partial charge in [0.2, 0.25) is 15.9 Å². The van der Waals surface area contributed by atoms with Gasteiger partial charge in [0.05, 0.1) is 19.9 Å². The van der Waals surface area contributed by atoms with Crippen LogP contribution < -0.4 is 10.1 Å². The van der Waals surface area contributed by atoms with E-state index in [0.29, 0.717) is 19.5 Å². The second-order valence-corrected chi connectivity index (χ2v) is 6.70. The van der Waals surface area contributed by atoms with E-state index in [4.69, 9.17) is 4.74 Å². The molecule has 1 rings (SSSR count). The summed E-state index contributed by atoms with van der Waals surface area (Å²) >= 11 is 0. The number of rotatable bonds is 8. The molecule has 0 atom stereocenters. The highest BCUT2D eigenvalue weighted by atomic mass is 32.2. The molecule has 0 aliphatic rings. The molecular weight excluding hydrogens is 292 g/mol. The number of amides is 1. The molecular formula is C14H22N2O4S. The number of hydrogen-bond donors (Lipinski definition) is 1. The van der Waals surface area contributed by atoms with Crippen molar-refractivity contribution in [2.24, 2.45) is 0 Å². The van der Waals surface area contributed by atoms with Gasteiger partial charge in [-0.15, -0.1) is 0 Å². The zero-order valence-electron chi connectivity index (χ0n) is 12.6. The maximum atomic E-state index is 11.8. The van der Waals surface area contributed by atoms with Crippen molar-refractivity contribution in [3.8, 4) is 5.75 Å². The minimum Gasteiger partial charge on any atom is -0.497 e. The summed E-state index contributed by atoms with van der Waals surface area (Å²) in [6.07, 6.45) is 1.78. The van der Waals surface area contributed by atoms with E-state index in [2.05, 4.69) is 5.32 Å². The minimum absolute atomic E-state index is 0.150. The van der Waals surface area contributed by atoms with Gasteiger partial charge in [0.25, 0.3) is 0 Å². The van der Waals surface area contributed by atoms with Crippen molar-refractivity contribution >= 4 is 15.9 Å². The first-order valence-corrected chi connectivity index (χ1v) is 8.56. The Morgan fingerprint density at radius 3 is 2.38 bits per heavy atom. The van der Waals surface area contributed by atoms with Gasteiger partial charge in [-0.2, -0.15) is 4.31 Å². The normalized spacial score (nSPS) is 11.4. The van der Waals surface area contributed by atoms with Gasteiger partial charge in [-0.25, -0.2) is 8.42 Å². The zero-order valence-corrected chi connectivity index (χ0v) is 13.4. The molecule has 21 heavy (non-hydrogen) atoms. The molecule has 7 heteroatoms. The second-order valence-electron chi connectivity index (χ2n) is 4.72. The Hall–Kier alpha value is -1.60. The largest absolute Gasteiger partial charge is 0.497 e. The van der Waals surface area contributed by atoms with E-state index < -0.39 is 10.0 Å². The third-order valence-corrected chi connectivity index (χ3v) is 4.16. The number of benzene rings is 1. The van der Waals surface area contributed by atoms with Crippen LogP contribution in [0, 0.1) is 0 Å². The van der Waals surface area contributed by atoms with Crippen LogP contribution in [-0.4, -0.2) is 45.1 Å². The maximum Gasteiger partial charge on any atom is 0.235 e. The summed E-state index contributed by atoms with van der Waals surface area (Å²) in [4.78, 5) is 11.8. The Balaban J connectivity index is 2.52. The van der Waals surface area contributed by atoms with Gasteiger partial charge in [0.1, 0.15) is 5.75 Å². The Morgan fingerprint density at radius 1 is 1.29 bits per heavy atom. The first-order chi connectivity index (χ1) is 9.86. The van der Waals surface area contributed by atoms with E-state index in [1.165, 1.54) is 4.31 Å². The minimum atomic E-state index is -3.36. The van der Waals surface area contributed by atoms with Crippen LogP contribution in [-0.2, 0) is 21.4 Å². The average molecular weight is 314 g/mol. The lowest BCUT2D eigenvalue weighted by Gasteiger charge is -2.18. The predicted molar refractivity (Wildman–Crippen MR) is 81.5 cm³/mol. The average Bonchev–Trinajstić information content (AvgIpc) is 2.44. The molecule has 0 aromatic heterocycles. The summed E-state index contributed by atoms with van der Waals surface area (Å²) in [5.74, 6) is 0.431. The van der Waals surface area contributed by atoms with Gasteiger partial charge < -0.3 is 10.1 Å². The zero-order chi connectivity index (χ0) is 15.9. The van der Waals surface area contributed by atoms with Gasteiger partial charge in [-0.3, -0.25) is 4.79 Å². The summed E-state index contributed by atoms with van der Waals surface area (Å²) < 4.78 is 29.3. The first kappa shape index (κ1) is 17.5. The molecule has 0 heterocycles. The van der Waals surface area contributed by atoms with Gasteiger partial charge in [-0.1, -0.05) is 19.1 Å². The molecule has 0 saturated carbocycles. The van der Waals surface area contributed by atoms with Crippen LogP contribution in [0.4, 0.5) is 0 Å². The standard InChI is InChI=1S/C14H22N2O4S/c1-4-9-16(21(3,18)19)11-14(17)15-10-12-5-7-13(20-2)8-6-12/h5-8H,4,9-11H2,1-3H3,(H,15,17). The van der Waals surface area contributed by atoms with Crippen LogP contribution in [0.1, 0.15) is 18.9 Å². The fourth-order valence-corrected chi connectivity index (χ4v) is 2.64. The highest BCUT2D eigenvalue weighted by Crippen LogP contribution is 2.10. The van der Waals surface area contributed by atoms with Crippen LogP contribution in [0.3, 0.4) is 0 Å². The molecule has 0 radical (unpaired) electrons. The molecule has 118 valence electrons. The summed E-state index contributed by atoms with van der Waals surface area (Å²) in [6.45, 7) is 2.41. The third kappa shape index (κ3) is 6.14. The highest BCUT2D eigenvalue weighted by molar-refractivity contribution is 7.88. The summed E-state index contributed by atoms with van der Waals surface area (Å²) in [7, 11) is -1.77. The SMILES string of the molecule is CCCN(CC(=O)NCc1ccc(OC)cc1)S(C)(=O)=O. The molecule has 1 amide bonds. The predicted octanol–water partition coefficient (Wildman–Crippen LogP) is 0.983. The smallest absolute Gasteiger partial charge is 0.235 e. The number of carbonyl (C=O) groups is 1. The molecule has 1 aromatic carbocycles. The van der Waals surface area contributed by atoms with Crippen molar-refractivity contribution in [2.75, 3.05) is 26.5 Å². The number of nitrogens with zero attached hydrogens (tertiary/aromatic N) is 1. The summed E-state index contributed by atoms with van der Waals surface area (Å²) in [5.41, 5.74) is 0.922. The van der Waals surface area contributed by atoms with E-state index >= 15 is 0 Å². The van der Waals surface area contributed by atoms with Crippen LogP contribution in [0.15, 0.2) is 24.3 Å². The number of sulfonamides is 1. The van der Waals surface area contributed by atoms with Crippen LogP contribution in [0.2, 0.25) is 0 Å². The van der Waals surface area contributed by atoms with Crippen molar-refractivity contribution in [1.82, 2.24) is 9.62 Å². The van der Waals surface area contributed by atoms with Crippen LogP contribution >= 0.6 is 0 Å². The lowest BCUT2D eigenvalue weighted by atomic mass is 10.2. The van der Waals surface area contributed by atoms with Crippen molar-refractivity contribution in [3.63, 3.8) is 0 Å². The molecule has 0 bridgehead atoms. The van der Waals surface area contributed by atoms with Crippen LogP contribution in [0.5, 0.6) is 5.75 Å². The van der Waals surface area contributed by atoms with Gasteiger partial charge in [0, 0.05) is 13.1 Å². The van der Waals surface area contributed by atoms with Crippen molar-refractivity contribution < 1.29 is 17.9 Å². The van der Waals surface area contributed by atoms with E-state index in [0.717, 1.165) is 17.6 Å². The molecule has 1 aromatic rings. The molecule has 1 N–H and O–H groups in total. The molecule has 0 unspecified atom stereocenters. The summed E-state index contributed by atoms with van der Waals surface area (Å²) in [5, 5.41) is 2.71. The quantitative estimate of drug-likeness (QED) is 0.776. The molecule has 0 saturated heterocycles. The van der Waals surface area contributed by atoms with E-state index in [1.807, 2.05) is 19.1 Å². The molecule has 6 nitrogen and oxygen atoms in total. The number of hydrogen-bond acceptors (Lipinski definition) is 4. The Kier molecular flexibility index (Phi) is 6.64. The number of carbonyl (C=O) groups excluding carboxylic acids is 1. The lowest BCUT2D eigenvalue weighted by Crippen LogP contribution is -2.40. The van der Waals surface area contributed by atoms with E-state index in [1.54, 1.807) is 19.2 Å². The Bertz CT molecular complexity index is 555. The van der Waals surface area contributed by atoms with Crippen molar-refractivity contribution in [3.05, 3.63) is 29.8 Å². The van der Waals surface area contributed by atoms with Gasteiger partial charge in [-0.05, 0) is 24.1 Å². The molecule has 0 aliphatic carbocycles. The first-order valence-electron chi connectivity index (χ1n) is 6.71. The van der Waals surface area contributed by atoms with E-state index in [9.17, 15) is 13.2 Å². The second kappa shape index (κ2) is 7.99. The van der Waals surface area contributed by atoms with Gasteiger partial charge in [0.15, 0.2) is 0 Å². The number of nitrogens with one attached hydrogen (secondary N) is 1. The van der Waals surface area contributed by atoms with Gasteiger partial charge >= 0.3 is 0 Å². The summed E-state index contributed by atoms with van der Waals surface area (Å²) in [6, 6.07) is 7.31. The molecule has 0 fully saturated rings. The Labute approximate surface area is 126 Å². The fourth-order valence-electron chi connectivity index (χ4n) is 1.77. The molecule has 0 aliphatic heterocycles. The van der Waals surface area contributed by atoms with Crippen molar-refractivity contribution in [2.45, 2.75) is 19.9 Å².